The Morgan fingerprint density at radius 2 is 1.73 bits per heavy atom. The number of sulfone groups is 1. The third kappa shape index (κ3) is 4.86. The van der Waals surface area contributed by atoms with Gasteiger partial charge in [0.2, 0.25) is 11.8 Å². The molecule has 1 saturated heterocycles. The Balaban J connectivity index is 1.35. The lowest BCUT2D eigenvalue weighted by atomic mass is 9.76. The van der Waals surface area contributed by atoms with Crippen LogP contribution in [0.5, 0.6) is 0 Å². The Bertz CT molecular complexity index is 1440. The summed E-state index contributed by atoms with van der Waals surface area (Å²) in [4.78, 5) is 19.7. The lowest BCUT2D eigenvalue weighted by Crippen LogP contribution is -2.42. The van der Waals surface area contributed by atoms with E-state index < -0.39 is 38.8 Å². The average molecular weight is 577 g/mol. The Morgan fingerprint density at radius 3 is 2.30 bits per heavy atom. The number of rotatable bonds is 6. The molecule has 40 heavy (non-hydrogen) atoms. The first kappa shape index (κ1) is 27.1. The molecule has 1 aromatic carbocycles. The van der Waals surface area contributed by atoms with Gasteiger partial charge < -0.3 is 14.6 Å². The van der Waals surface area contributed by atoms with Gasteiger partial charge in [-0.25, -0.2) is 13.4 Å². The average Bonchev–Trinajstić information content (AvgIpc) is 3.86. The second kappa shape index (κ2) is 9.50. The lowest BCUT2D eigenvalue weighted by molar-refractivity contribution is -0.165. The number of carbonyl (C=O) groups is 1. The van der Waals surface area contributed by atoms with E-state index in [-0.39, 0.29) is 36.1 Å². The standard InChI is InChI=1S/C28H31F3N4O4S/c29-28(30,31)27(11-12-27)25-33-22(18-5-7-19(8-6-18)35-13-15-40(37,38)16-14-35)23(39-25)20-3-1-2-4-21(20)24(36)34-26(17-32)9-10-26/h5-8,20-21H,1-4,9-16H2,(H,34,36). The summed E-state index contributed by atoms with van der Waals surface area (Å²) in [6.07, 6.45) is -0.780. The Kier molecular flexibility index (Phi) is 6.44. The van der Waals surface area contributed by atoms with Gasteiger partial charge in [0.1, 0.15) is 22.4 Å². The predicted octanol–water partition coefficient (Wildman–Crippen LogP) is 4.62. The molecule has 1 aliphatic heterocycles. The van der Waals surface area contributed by atoms with Gasteiger partial charge >= 0.3 is 6.18 Å². The molecule has 214 valence electrons. The van der Waals surface area contributed by atoms with Crippen LogP contribution in [0.2, 0.25) is 0 Å². The van der Waals surface area contributed by atoms with Crippen molar-refractivity contribution in [1.29, 1.82) is 5.26 Å². The first-order chi connectivity index (χ1) is 19.0. The van der Waals surface area contributed by atoms with Crippen molar-refractivity contribution in [2.24, 2.45) is 5.92 Å². The van der Waals surface area contributed by atoms with Crippen LogP contribution in [0.15, 0.2) is 28.7 Å². The molecule has 1 amide bonds. The highest BCUT2D eigenvalue weighted by atomic mass is 32.2. The van der Waals surface area contributed by atoms with Crippen molar-refractivity contribution in [2.45, 2.75) is 74.4 Å². The molecule has 1 N–H and O–H groups in total. The molecule has 4 aliphatic rings. The second-order valence-electron chi connectivity index (χ2n) is 11.7. The van der Waals surface area contributed by atoms with Crippen LogP contribution >= 0.6 is 0 Å². The fourth-order valence-corrected chi connectivity index (χ4v) is 7.22. The molecule has 2 unspecified atom stereocenters. The summed E-state index contributed by atoms with van der Waals surface area (Å²) in [5.74, 6) is -1.17. The molecule has 3 saturated carbocycles. The Labute approximate surface area is 230 Å². The number of hydrogen-bond donors (Lipinski definition) is 1. The van der Waals surface area contributed by atoms with Gasteiger partial charge in [-0.1, -0.05) is 25.0 Å². The smallest absolute Gasteiger partial charge is 0.403 e. The van der Waals surface area contributed by atoms with Crippen LogP contribution in [0.1, 0.15) is 68.9 Å². The molecule has 0 bridgehead atoms. The second-order valence-corrected chi connectivity index (χ2v) is 14.0. The zero-order chi connectivity index (χ0) is 28.3. The van der Waals surface area contributed by atoms with Crippen LogP contribution in [0.3, 0.4) is 0 Å². The van der Waals surface area contributed by atoms with E-state index in [9.17, 15) is 31.6 Å². The number of nitrogens with one attached hydrogen (secondary N) is 1. The fourth-order valence-electron chi connectivity index (χ4n) is 6.02. The van der Waals surface area contributed by atoms with Gasteiger partial charge in [0.05, 0.1) is 17.6 Å². The van der Waals surface area contributed by atoms with Crippen molar-refractivity contribution in [2.75, 3.05) is 29.5 Å². The molecule has 6 rings (SSSR count). The van der Waals surface area contributed by atoms with E-state index in [1.807, 2.05) is 17.0 Å². The number of amides is 1. The summed E-state index contributed by atoms with van der Waals surface area (Å²) in [6.45, 7) is 0.746. The van der Waals surface area contributed by atoms with Crippen LogP contribution in [-0.4, -0.2) is 55.6 Å². The van der Waals surface area contributed by atoms with Gasteiger partial charge in [-0.3, -0.25) is 4.79 Å². The fraction of sp³-hybridized carbons (Fsp3) is 0.607. The molecule has 2 heterocycles. The minimum atomic E-state index is -4.50. The van der Waals surface area contributed by atoms with E-state index in [2.05, 4.69) is 16.4 Å². The summed E-state index contributed by atoms with van der Waals surface area (Å²) in [5, 5.41) is 12.3. The molecule has 0 spiro atoms. The maximum atomic E-state index is 14.1. The molecule has 8 nitrogen and oxygen atoms in total. The van der Waals surface area contributed by atoms with Crippen molar-refractivity contribution in [3.63, 3.8) is 0 Å². The van der Waals surface area contributed by atoms with E-state index in [1.165, 1.54) is 0 Å². The Morgan fingerprint density at radius 1 is 1.07 bits per heavy atom. The van der Waals surface area contributed by atoms with Crippen LogP contribution in [0, 0.1) is 17.2 Å². The summed E-state index contributed by atoms with van der Waals surface area (Å²) >= 11 is 0. The van der Waals surface area contributed by atoms with Gasteiger partial charge in [0.15, 0.2) is 9.84 Å². The van der Waals surface area contributed by atoms with E-state index in [0.717, 1.165) is 18.5 Å². The zero-order valence-electron chi connectivity index (χ0n) is 22.0. The number of nitriles is 1. The quantitative estimate of drug-likeness (QED) is 0.534. The minimum Gasteiger partial charge on any atom is -0.444 e. The molecule has 1 aromatic heterocycles. The number of benzene rings is 1. The number of alkyl halides is 3. The van der Waals surface area contributed by atoms with E-state index >= 15 is 0 Å². The van der Waals surface area contributed by atoms with Gasteiger partial charge in [0, 0.05) is 36.2 Å². The van der Waals surface area contributed by atoms with Gasteiger partial charge in [-0.2, -0.15) is 18.4 Å². The van der Waals surface area contributed by atoms with Crippen molar-refractivity contribution in [3.8, 4) is 17.3 Å². The van der Waals surface area contributed by atoms with Gasteiger partial charge in [-0.15, -0.1) is 0 Å². The normalized spacial score (nSPS) is 26.5. The zero-order valence-corrected chi connectivity index (χ0v) is 22.8. The number of anilines is 1. The summed E-state index contributed by atoms with van der Waals surface area (Å²) in [6, 6.07) is 9.34. The highest BCUT2D eigenvalue weighted by molar-refractivity contribution is 7.91. The van der Waals surface area contributed by atoms with E-state index in [0.29, 0.717) is 55.8 Å². The van der Waals surface area contributed by atoms with Gasteiger partial charge in [-0.05, 0) is 50.7 Å². The number of nitrogens with zero attached hydrogens (tertiary/aromatic N) is 3. The summed E-state index contributed by atoms with van der Waals surface area (Å²) in [5.41, 5.74) is -1.24. The topological polar surface area (TPSA) is 116 Å². The molecule has 2 atom stereocenters. The van der Waals surface area contributed by atoms with E-state index in [1.54, 1.807) is 12.1 Å². The molecular formula is C28H31F3N4O4S. The number of halogens is 3. The van der Waals surface area contributed by atoms with Crippen LogP contribution < -0.4 is 10.2 Å². The largest absolute Gasteiger partial charge is 0.444 e. The molecule has 3 aliphatic carbocycles. The molecule has 4 fully saturated rings. The van der Waals surface area contributed by atoms with Crippen LogP contribution in [0.25, 0.3) is 11.3 Å². The number of hydrogen-bond acceptors (Lipinski definition) is 7. The van der Waals surface area contributed by atoms with Crippen LogP contribution in [-0.2, 0) is 20.0 Å². The van der Waals surface area contributed by atoms with Crippen molar-refractivity contribution in [3.05, 3.63) is 35.9 Å². The number of carbonyl (C=O) groups excluding carboxylic acids is 1. The lowest BCUT2D eigenvalue weighted by Gasteiger charge is -2.30. The highest BCUT2D eigenvalue weighted by Gasteiger charge is 2.68. The first-order valence-corrected chi connectivity index (χ1v) is 15.7. The van der Waals surface area contributed by atoms with Gasteiger partial charge in [0.25, 0.3) is 0 Å². The SMILES string of the molecule is N#CC1(NC(=O)C2CCCCC2c2oc(C3(C(F)(F)F)CC3)nc2-c2ccc(N3CCS(=O)(=O)CC3)cc2)CC1. The monoisotopic (exact) mass is 576 g/mol. The van der Waals surface area contributed by atoms with Crippen molar-refractivity contribution >= 4 is 21.4 Å². The highest BCUT2D eigenvalue weighted by Crippen LogP contribution is 2.59. The summed E-state index contributed by atoms with van der Waals surface area (Å²) in [7, 11) is -3.04. The third-order valence-corrected chi connectivity index (χ3v) is 10.6. The van der Waals surface area contributed by atoms with E-state index in [4.69, 9.17) is 4.42 Å². The maximum absolute atomic E-state index is 14.1. The molecule has 12 heteroatoms. The summed E-state index contributed by atoms with van der Waals surface area (Å²) < 4.78 is 71.9. The minimum absolute atomic E-state index is 0.0727. The van der Waals surface area contributed by atoms with Crippen molar-refractivity contribution in [1.82, 2.24) is 10.3 Å². The molecular weight excluding hydrogens is 545 g/mol. The Hall–Kier alpha value is -3.07. The first-order valence-electron chi connectivity index (χ1n) is 13.8. The maximum Gasteiger partial charge on any atom is 0.403 e. The van der Waals surface area contributed by atoms with Crippen LogP contribution in [0.4, 0.5) is 18.9 Å². The third-order valence-electron chi connectivity index (χ3n) is 8.97. The predicted molar refractivity (Wildman–Crippen MR) is 140 cm³/mol. The number of oxazole rings is 1. The molecule has 2 aromatic rings. The number of aromatic nitrogens is 1. The molecule has 0 radical (unpaired) electrons. The van der Waals surface area contributed by atoms with Crippen molar-refractivity contribution < 1.29 is 30.8 Å².